The molecule has 0 aromatic heterocycles. The highest BCUT2D eigenvalue weighted by molar-refractivity contribution is 7.91. The fourth-order valence-electron chi connectivity index (χ4n) is 2.81. The van der Waals surface area contributed by atoms with Gasteiger partial charge >= 0.3 is 16.4 Å². The number of anilines is 1. The average molecular weight is 418 g/mol. The van der Waals surface area contributed by atoms with Crippen LogP contribution in [0, 0.1) is 0 Å². The molecule has 28 heavy (non-hydrogen) atoms. The fraction of sp³-hybridized carbons (Fsp3) is 0.294. The molecule has 0 saturated heterocycles. The molecule has 7 nitrogen and oxygen atoms in total. The summed E-state index contributed by atoms with van der Waals surface area (Å²) in [7, 11) is -4.05. The number of aliphatic hydroxyl groups excluding tert-OH is 1. The number of benzene rings is 2. The number of ether oxygens (including phenoxy) is 1. The molecule has 1 heterocycles. The van der Waals surface area contributed by atoms with Gasteiger partial charge in [-0.2, -0.15) is 21.6 Å². The van der Waals surface area contributed by atoms with Crippen molar-refractivity contribution in [2.24, 2.45) is 0 Å². The zero-order valence-electron chi connectivity index (χ0n) is 14.4. The SMILES string of the molecule is O=S1(=O)NC(O)=CN1c1cc2cc(CCCOCC(F)(F)F)ccc2cc1O. The maximum atomic E-state index is 12.0. The summed E-state index contributed by atoms with van der Waals surface area (Å²) in [6.45, 7) is -1.33. The quantitative estimate of drug-likeness (QED) is 0.627. The van der Waals surface area contributed by atoms with Gasteiger partial charge in [0.05, 0.1) is 6.20 Å². The molecule has 11 heteroatoms. The molecule has 0 saturated carbocycles. The average Bonchev–Trinajstić information content (AvgIpc) is 2.85. The Hall–Kier alpha value is -2.66. The normalized spacial score (nSPS) is 16.2. The third kappa shape index (κ3) is 4.60. The predicted molar refractivity (Wildman–Crippen MR) is 96.1 cm³/mol. The topological polar surface area (TPSA) is 99.1 Å². The van der Waals surface area contributed by atoms with E-state index in [1.165, 1.54) is 12.1 Å². The summed E-state index contributed by atoms with van der Waals surface area (Å²) >= 11 is 0. The molecule has 3 N–H and O–H groups in total. The number of hydrogen-bond donors (Lipinski definition) is 3. The van der Waals surface area contributed by atoms with E-state index < -0.39 is 28.9 Å². The minimum absolute atomic E-state index is 0.0415. The highest BCUT2D eigenvalue weighted by Gasteiger charge is 2.30. The molecular formula is C17H17F3N2O5S. The molecule has 3 rings (SSSR count). The highest BCUT2D eigenvalue weighted by Crippen LogP contribution is 2.36. The molecule has 0 unspecified atom stereocenters. The van der Waals surface area contributed by atoms with Gasteiger partial charge in [-0.15, -0.1) is 0 Å². The van der Waals surface area contributed by atoms with E-state index in [-0.39, 0.29) is 18.0 Å². The van der Waals surface area contributed by atoms with Crippen LogP contribution in [0.1, 0.15) is 12.0 Å². The van der Waals surface area contributed by atoms with Crippen molar-refractivity contribution in [2.45, 2.75) is 19.0 Å². The maximum absolute atomic E-state index is 12.0. The Balaban J connectivity index is 1.77. The number of hydrogen-bond acceptors (Lipinski definition) is 5. The summed E-state index contributed by atoms with van der Waals surface area (Å²) in [4.78, 5) is 0. The van der Waals surface area contributed by atoms with Gasteiger partial charge in [0.1, 0.15) is 18.0 Å². The number of phenols is 1. The van der Waals surface area contributed by atoms with Crippen LogP contribution in [0.15, 0.2) is 42.4 Å². The number of nitrogens with zero attached hydrogens (tertiary/aromatic N) is 1. The molecule has 0 spiro atoms. The third-order valence-corrected chi connectivity index (χ3v) is 5.27. The summed E-state index contributed by atoms with van der Waals surface area (Å²) in [5.41, 5.74) is 0.773. The van der Waals surface area contributed by atoms with E-state index in [2.05, 4.69) is 4.74 Å². The smallest absolute Gasteiger partial charge is 0.411 e. The number of alkyl halides is 3. The van der Waals surface area contributed by atoms with Gasteiger partial charge in [-0.1, -0.05) is 18.2 Å². The molecule has 0 radical (unpaired) electrons. The number of aryl methyl sites for hydroxylation is 1. The summed E-state index contributed by atoms with van der Waals surface area (Å²) in [5.74, 6) is -0.871. The highest BCUT2D eigenvalue weighted by atomic mass is 32.2. The first-order valence-corrected chi connectivity index (χ1v) is 9.62. The summed E-state index contributed by atoms with van der Waals surface area (Å²) in [6, 6.07) is 8.07. The summed E-state index contributed by atoms with van der Waals surface area (Å²) in [6.07, 6.45) is -2.57. The molecular weight excluding hydrogens is 401 g/mol. The number of fused-ring (bicyclic) bond motifs is 1. The van der Waals surface area contributed by atoms with Crippen LogP contribution in [0.25, 0.3) is 10.8 Å². The Bertz CT molecular complexity index is 1020. The molecule has 152 valence electrons. The van der Waals surface area contributed by atoms with Crippen LogP contribution in [0.5, 0.6) is 5.75 Å². The molecule has 2 aromatic rings. The van der Waals surface area contributed by atoms with Crippen molar-refractivity contribution in [3.63, 3.8) is 0 Å². The van der Waals surface area contributed by atoms with Gasteiger partial charge in [0.15, 0.2) is 0 Å². The Morgan fingerprint density at radius 1 is 1.11 bits per heavy atom. The standard InChI is InChI=1S/C17H17F3N2O5S/c18-17(19,20)10-27-5-1-2-11-3-4-12-8-15(23)14(7-13(12)6-11)22-9-16(24)21-28(22,25)26/h3-4,6-9,21,23-24H,1-2,5,10H2. The molecule has 1 aliphatic rings. The van der Waals surface area contributed by atoms with E-state index in [0.717, 1.165) is 16.1 Å². The summed E-state index contributed by atoms with van der Waals surface area (Å²) < 4.78 is 67.3. The van der Waals surface area contributed by atoms with Crippen molar-refractivity contribution >= 4 is 26.7 Å². The Kier molecular flexibility index (Phi) is 5.31. The first-order valence-electron chi connectivity index (χ1n) is 8.18. The van der Waals surface area contributed by atoms with E-state index in [4.69, 9.17) is 0 Å². The number of rotatable bonds is 6. The van der Waals surface area contributed by atoms with Gasteiger partial charge in [0.25, 0.3) is 0 Å². The molecule has 0 atom stereocenters. The Labute approximate surface area is 158 Å². The number of halogens is 3. The molecule has 1 aliphatic heterocycles. The van der Waals surface area contributed by atoms with Crippen molar-refractivity contribution in [3.8, 4) is 5.75 Å². The van der Waals surface area contributed by atoms with Crippen LogP contribution in [-0.2, 0) is 21.4 Å². The van der Waals surface area contributed by atoms with E-state index in [9.17, 15) is 31.8 Å². The predicted octanol–water partition coefficient (Wildman–Crippen LogP) is 3.07. The van der Waals surface area contributed by atoms with Gasteiger partial charge in [-0.3, -0.25) is 0 Å². The lowest BCUT2D eigenvalue weighted by atomic mass is 10.0. The Morgan fingerprint density at radius 3 is 2.50 bits per heavy atom. The third-order valence-electron chi connectivity index (χ3n) is 3.99. The van der Waals surface area contributed by atoms with Gasteiger partial charge in [-0.25, -0.2) is 9.03 Å². The lowest BCUT2D eigenvalue weighted by Crippen LogP contribution is -2.29. The Morgan fingerprint density at radius 2 is 1.86 bits per heavy atom. The van der Waals surface area contributed by atoms with E-state index in [0.29, 0.717) is 23.6 Å². The largest absolute Gasteiger partial charge is 0.506 e. The molecule has 2 aromatic carbocycles. The minimum Gasteiger partial charge on any atom is -0.506 e. The van der Waals surface area contributed by atoms with Crippen LogP contribution in [0.2, 0.25) is 0 Å². The van der Waals surface area contributed by atoms with Crippen LogP contribution in [0.3, 0.4) is 0 Å². The first kappa shape index (κ1) is 20.1. The van der Waals surface area contributed by atoms with Gasteiger partial charge in [-0.05, 0) is 41.3 Å². The lowest BCUT2D eigenvalue weighted by molar-refractivity contribution is -0.174. The van der Waals surface area contributed by atoms with Crippen LogP contribution in [0.4, 0.5) is 18.9 Å². The van der Waals surface area contributed by atoms with Crippen molar-refractivity contribution in [1.82, 2.24) is 4.72 Å². The number of phenolic OH excluding ortho intramolecular Hbond substituents is 1. The molecule has 0 amide bonds. The minimum atomic E-state index is -4.35. The molecule has 0 fully saturated rings. The number of aliphatic hydroxyl groups is 1. The second-order valence-electron chi connectivity index (χ2n) is 6.21. The van der Waals surface area contributed by atoms with Gasteiger partial charge < -0.3 is 14.9 Å². The van der Waals surface area contributed by atoms with Crippen LogP contribution >= 0.6 is 0 Å². The zero-order valence-corrected chi connectivity index (χ0v) is 15.2. The van der Waals surface area contributed by atoms with Crippen molar-refractivity contribution in [1.29, 1.82) is 0 Å². The summed E-state index contributed by atoms with van der Waals surface area (Å²) in [5, 5.41) is 20.8. The molecule has 0 aliphatic carbocycles. The van der Waals surface area contributed by atoms with Crippen LogP contribution in [-0.4, -0.2) is 38.0 Å². The van der Waals surface area contributed by atoms with E-state index in [1.54, 1.807) is 18.2 Å². The van der Waals surface area contributed by atoms with Crippen LogP contribution < -0.4 is 9.03 Å². The fourth-order valence-corrected chi connectivity index (χ4v) is 3.87. The maximum Gasteiger partial charge on any atom is 0.411 e. The van der Waals surface area contributed by atoms with Crippen molar-refractivity contribution in [2.75, 3.05) is 17.5 Å². The van der Waals surface area contributed by atoms with E-state index >= 15 is 0 Å². The number of aromatic hydroxyl groups is 1. The second-order valence-corrected chi connectivity index (χ2v) is 7.76. The monoisotopic (exact) mass is 418 g/mol. The van der Waals surface area contributed by atoms with Gasteiger partial charge in [0.2, 0.25) is 5.88 Å². The number of nitrogens with one attached hydrogen (secondary N) is 1. The second kappa shape index (κ2) is 7.40. The zero-order chi connectivity index (χ0) is 20.5. The first-order chi connectivity index (χ1) is 13.0. The van der Waals surface area contributed by atoms with Crippen molar-refractivity contribution < 1.29 is 36.5 Å². The lowest BCUT2D eigenvalue weighted by Gasteiger charge is -2.16. The molecule has 0 bridgehead atoms. The van der Waals surface area contributed by atoms with Gasteiger partial charge in [0, 0.05) is 6.61 Å². The van der Waals surface area contributed by atoms with E-state index in [1.807, 2.05) is 4.72 Å². The van der Waals surface area contributed by atoms with Crippen molar-refractivity contribution in [3.05, 3.63) is 48.0 Å².